The molecule has 0 aliphatic heterocycles. The Morgan fingerprint density at radius 1 is 0.981 bits per heavy atom. The molecule has 4 N–H and O–H groups in total. The molecule has 270 valence electrons. The first-order valence-corrected chi connectivity index (χ1v) is 18.6. The number of aromatic nitrogens is 2. The Kier molecular flexibility index (Phi) is 12.3. The zero-order valence-electron chi connectivity index (χ0n) is 27.1. The van der Waals surface area contributed by atoms with Gasteiger partial charge >= 0.3 is 0 Å². The van der Waals surface area contributed by atoms with E-state index in [0.29, 0.717) is 12.2 Å². The van der Waals surface area contributed by atoms with Gasteiger partial charge in [0.2, 0.25) is 5.91 Å². The quantitative estimate of drug-likeness (QED) is 0.0912. The van der Waals surface area contributed by atoms with Gasteiger partial charge in [0.15, 0.2) is 11.5 Å². The van der Waals surface area contributed by atoms with Gasteiger partial charge in [-0.1, -0.05) is 29.3 Å². The summed E-state index contributed by atoms with van der Waals surface area (Å²) in [5.74, 6) is -1.92. The molecule has 4 rings (SSSR count). The van der Waals surface area contributed by atoms with Gasteiger partial charge in [0.25, 0.3) is 26.1 Å². The van der Waals surface area contributed by atoms with Gasteiger partial charge < -0.3 is 15.5 Å². The average Bonchev–Trinajstić information content (AvgIpc) is 3.41. The van der Waals surface area contributed by atoms with Crippen LogP contribution in [0.1, 0.15) is 41.9 Å². The van der Waals surface area contributed by atoms with Gasteiger partial charge in [-0.15, -0.1) is 10.2 Å². The number of carbonyl (C=O) groups is 2. The third kappa shape index (κ3) is 9.67. The second-order valence-corrected chi connectivity index (χ2v) is 14.5. The van der Waals surface area contributed by atoms with Crippen LogP contribution in [0.15, 0.2) is 69.7 Å². The van der Waals surface area contributed by atoms with E-state index >= 15 is 0 Å². The zero-order valence-corrected chi connectivity index (χ0v) is 30.2. The van der Waals surface area contributed by atoms with Crippen molar-refractivity contribution in [2.24, 2.45) is 10.2 Å². The van der Waals surface area contributed by atoms with Crippen molar-refractivity contribution in [1.82, 2.24) is 9.78 Å². The van der Waals surface area contributed by atoms with Crippen molar-refractivity contribution in [2.45, 2.75) is 25.2 Å². The van der Waals surface area contributed by atoms with Gasteiger partial charge in [0.1, 0.15) is 29.1 Å². The Bertz CT molecular complexity index is 2380. The second-order valence-electron chi connectivity index (χ2n) is 10.7. The SMILES string of the molecule is CCN(CCCS(=O)(=O)O)c1ccc(N=Nc2c(C#N)c(C#N)nn2-c2c(Cl)cc(NC(=O)c3cccc(S(=O)(=O)O)c3)cc2Cl)c(NC(C)=O)c1. The molecule has 0 fully saturated rings. The maximum Gasteiger partial charge on any atom is 0.294 e. The summed E-state index contributed by atoms with van der Waals surface area (Å²) in [6.45, 7) is 3.83. The summed E-state index contributed by atoms with van der Waals surface area (Å²) >= 11 is 13.2. The molecule has 1 aromatic heterocycles. The monoisotopic (exact) mass is 787 g/mol. The molecule has 21 heteroatoms. The molecule has 0 unspecified atom stereocenters. The summed E-state index contributed by atoms with van der Waals surface area (Å²) in [7, 11) is -8.73. The molecular formula is C31H27Cl2N9O8S2. The van der Waals surface area contributed by atoms with E-state index in [9.17, 15) is 41.5 Å². The molecule has 4 aromatic rings. The first-order valence-electron chi connectivity index (χ1n) is 14.8. The third-order valence-corrected chi connectivity index (χ3v) is 9.31. The molecule has 0 spiro atoms. The van der Waals surface area contributed by atoms with Crippen molar-refractivity contribution in [3.05, 3.63) is 81.5 Å². The molecule has 0 saturated carbocycles. The normalized spacial score (nSPS) is 11.5. The number of amides is 2. The number of hydrogen-bond donors (Lipinski definition) is 4. The summed E-state index contributed by atoms with van der Waals surface area (Å²) in [6, 6.07) is 15.6. The van der Waals surface area contributed by atoms with Crippen molar-refractivity contribution in [2.75, 3.05) is 34.4 Å². The number of halogens is 2. The number of nitriles is 2. The van der Waals surface area contributed by atoms with Gasteiger partial charge in [0.05, 0.1) is 26.4 Å². The summed E-state index contributed by atoms with van der Waals surface area (Å²) in [5, 5.41) is 37.1. The van der Waals surface area contributed by atoms with E-state index in [1.807, 2.05) is 17.9 Å². The van der Waals surface area contributed by atoms with Crippen molar-refractivity contribution in [3.63, 3.8) is 0 Å². The lowest BCUT2D eigenvalue weighted by Crippen LogP contribution is -2.25. The lowest BCUT2D eigenvalue weighted by atomic mass is 10.2. The summed E-state index contributed by atoms with van der Waals surface area (Å²) < 4.78 is 64.8. The number of rotatable bonds is 13. The van der Waals surface area contributed by atoms with E-state index < -0.39 is 42.7 Å². The topological polar surface area (TPSA) is 260 Å². The highest BCUT2D eigenvalue weighted by atomic mass is 35.5. The van der Waals surface area contributed by atoms with Crippen molar-refractivity contribution < 1.29 is 35.5 Å². The first kappa shape index (κ1) is 39.4. The number of carbonyl (C=O) groups excluding carboxylic acids is 2. The van der Waals surface area contributed by atoms with Crippen LogP contribution < -0.4 is 15.5 Å². The average molecular weight is 789 g/mol. The molecule has 0 saturated heterocycles. The molecule has 0 atom stereocenters. The second kappa shape index (κ2) is 16.3. The summed E-state index contributed by atoms with van der Waals surface area (Å²) in [6.07, 6.45) is 0.134. The van der Waals surface area contributed by atoms with Gasteiger partial charge in [-0.2, -0.15) is 32.5 Å². The Hall–Kier alpha value is -5.41. The van der Waals surface area contributed by atoms with Gasteiger partial charge in [-0.05, 0) is 61.9 Å². The van der Waals surface area contributed by atoms with Crippen LogP contribution in [0, 0.1) is 22.7 Å². The number of nitrogens with zero attached hydrogens (tertiary/aromatic N) is 7. The predicted octanol–water partition coefficient (Wildman–Crippen LogP) is 5.90. The van der Waals surface area contributed by atoms with Crippen LogP contribution in [-0.4, -0.2) is 66.4 Å². The number of benzene rings is 3. The minimum absolute atomic E-state index is 0.0532. The molecule has 0 aliphatic carbocycles. The molecule has 52 heavy (non-hydrogen) atoms. The van der Waals surface area contributed by atoms with Crippen molar-refractivity contribution in [1.29, 1.82) is 10.5 Å². The molecular weight excluding hydrogens is 761 g/mol. The molecule has 0 bridgehead atoms. The van der Waals surface area contributed by atoms with Crippen LogP contribution in [0.5, 0.6) is 0 Å². The molecule has 17 nitrogen and oxygen atoms in total. The standard InChI is InChI=1S/C31H27Cl2N9O8S2/c1-3-41(10-5-11-51(45,46)47)21-8-9-26(27(15-21)36-18(2)43)38-39-30-23(16-34)28(17-35)40-42(30)29-24(32)13-20(14-25(29)33)37-31(44)19-6-4-7-22(12-19)52(48,49)50/h4,6-9,12-15H,3,5,10-11H2,1-2H3,(H,36,43)(H,37,44)(H,45,46,47)(H,48,49,50). The van der Waals surface area contributed by atoms with Gasteiger partial charge in [0, 0.05) is 37.0 Å². The maximum absolute atomic E-state index is 12.9. The lowest BCUT2D eigenvalue weighted by molar-refractivity contribution is -0.114. The summed E-state index contributed by atoms with van der Waals surface area (Å²) in [4.78, 5) is 26.3. The predicted molar refractivity (Wildman–Crippen MR) is 191 cm³/mol. The minimum Gasteiger partial charge on any atom is -0.372 e. The third-order valence-electron chi connectivity index (χ3n) is 7.08. The van der Waals surface area contributed by atoms with E-state index in [1.54, 1.807) is 18.2 Å². The fraction of sp³-hybridized carbons (Fsp3) is 0.194. The smallest absolute Gasteiger partial charge is 0.294 e. The number of azo groups is 1. The number of anilines is 3. The maximum atomic E-state index is 12.9. The zero-order chi connectivity index (χ0) is 38.4. The highest BCUT2D eigenvalue weighted by Gasteiger charge is 2.24. The fourth-order valence-electron chi connectivity index (χ4n) is 4.79. The van der Waals surface area contributed by atoms with Gasteiger partial charge in [-0.3, -0.25) is 18.7 Å². The Labute approximate surface area is 307 Å². The Balaban J connectivity index is 1.72. The van der Waals surface area contributed by atoms with E-state index in [2.05, 4.69) is 26.0 Å². The number of nitrogens with one attached hydrogen (secondary N) is 2. The van der Waals surface area contributed by atoms with Crippen molar-refractivity contribution in [3.8, 4) is 17.8 Å². The number of hydrogen-bond acceptors (Lipinski definition) is 12. The highest BCUT2D eigenvalue weighted by molar-refractivity contribution is 7.86. The Morgan fingerprint density at radius 2 is 1.67 bits per heavy atom. The lowest BCUT2D eigenvalue weighted by Gasteiger charge is -2.24. The molecule has 3 aromatic carbocycles. The highest BCUT2D eigenvalue weighted by Crippen LogP contribution is 2.38. The Morgan fingerprint density at radius 3 is 2.25 bits per heavy atom. The van der Waals surface area contributed by atoms with E-state index in [4.69, 9.17) is 27.8 Å². The molecule has 2 amide bonds. The van der Waals surface area contributed by atoms with Crippen LogP contribution in [0.3, 0.4) is 0 Å². The van der Waals surface area contributed by atoms with E-state index in [0.717, 1.165) is 16.8 Å². The van der Waals surface area contributed by atoms with Crippen molar-refractivity contribution >= 4 is 83.8 Å². The van der Waals surface area contributed by atoms with E-state index in [1.165, 1.54) is 37.3 Å². The van der Waals surface area contributed by atoms with E-state index in [-0.39, 0.29) is 68.4 Å². The summed E-state index contributed by atoms with van der Waals surface area (Å²) in [5.41, 5.74) is 0.182. The first-order chi connectivity index (χ1) is 24.4. The largest absolute Gasteiger partial charge is 0.372 e. The van der Waals surface area contributed by atoms with Crippen LogP contribution in [-0.2, 0) is 25.0 Å². The molecule has 0 radical (unpaired) electrons. The molecule has 1 heterocycles. The van der Waals surface area contributed by atoms with Crippen LogP contribution in [0.2, 0.25) is 10.0 Å². The fourth-order valence-corrected chi connectivity index (χ4v) is 6.45. The van der Waals surface area contributed by atoms with Crippen LogP contribution in [0.4, 0.5) is 28.6 Å². The minimum atomic E-state index is -4.57. The molecule has 0 aliphatic rings. The van der Waals surface area contributed by atoms with Crippen LogP contribution in [0.25, 0.3) is 5.69 Å². The van der Waals surface area contributed by atoms with Gasteiger partial charge in [-0.25, -0.2) is 4.68 Å². The van der Waals surface area contributed by atoms with Crippen LogP contribution >= 0.6 is 23.2 Å².